The monoisotopic (exact) mass is 486 g/mol. The Labute approximate surface area is 206 Å². The van der Waals surface area contributed by atoms with E-state index in [4.69, 9.17) is 4.99 Å². The first kappa shape index (κ1) is 25.2. The smallest absolute Gasteiger partial charge is 0.253 e. The maximum absolute atomic E-state index is 13.1. The summed E-state index contributed by atoms with van der Waals surface area (Å²) in [6.45, 7) is 7.14. The number of amides is 2. The summed E-state index contributed by atoms with van der Waals surface area (Å²) in [5.74, 6) is 2.57. The van der Waals surface area contributed by atoms with Crippen molar-refractivity contribution in [1.82, 2.24) is 9.62 Å². The number of nitrogens with zero attached hydrogens (tertiary/aromatic N) is 2. The fourth-order valence-electron chi connectivity index (χ4n) is 5.47. The lowest BCUT2D eigenvalue weighted by Crippen LogP contribution is -2.51. The van der Waals surface area contributed by atoms with Crippen molar-refractivity contribution in [3.05, 3.63) is 29.3 Å². The van der Waals surface area contributed by atoms with Gasteiger partial charge in [-0.2, -0.15) is 0 Å². The average Bonchev–Trinajstić information content (AvgIpc) is 3.13. The molecule has 0 bridgehead atoms. The van der Waals surface area contributed by atoms with Crippen molar-refractivity contribution in [3.63, 3.8) is 0 Å². The molecule has 1 aromatic rings. The predicted molar refractivity (Wildman–Crippen MR) is 137 cm³/mol. The van der Waals surface area contributed by atoms with E-state index < -0.39 is 16.9 Å². The van der Waals surface area contributed by atoms with E-state index in [1.165, 1.54) is 30.9 Å². The van der Waals surface area contributed by atoms with Gasteiger partial charge in [0.05, 0.1) is 0 Å². The molecule has 34 heavy (non-hydrogen) atoms. The first-order valence-corrected chi connectivity index (χ1v) is 14.0. The molecule has 1 spiro atoms. The van der Waals surface area contributed by atoms with Crippen molar-refractivity contribution in [2.75, 3.05) is 24.2 Å². The molecule has 1 atom stereocenters. The number of carbonyl (C=O) groups excluding carboxylic acids is 2. The summed E-state index contributed by atoms with van der Waals surface area (Å²) < 4.78 is 15.1. The van der Waals surface area contributed by atoms with Gasteiger partial charge in [-0.3, -0.25) is 14.6 Å². The number of rotatable bonds is 7. The molecule has 2 heterocycles. The van der Waals surface area contributed by atoms with Gasteiger partial charge < -0.3 is 15.2 Å². The van der Waals surface area contributed by atoms with Crippen LogP contribution in [-0.4, -0.2) is 50.9 Å². The van der Waals surface area contributed by atoms with Crippen LogP contribution in [0.25, 0.3) is 0 Å². The molecule has 1 aliphatic carbocycles. The van der Waals surface area contributed by atoms with Crippen molar-refractivity contribution in [3.8, 4) is 0 Å². The summed E-state index contributed by atoms with van der Waals surface area (Å²) in [4.78, 5) is 29.1. The molecule has 1 unspecified atom stereocenters. The molecule has 4 rings (SSSR count). The average molecular weight is 487 g/mol. The second-order valence-corrected chi connectivity index (χ2v) is 11.7. The van der Waals surface area contributed by atoms with Crippen LogP contribution in [0.2, 0.25) is 0 Å². The molecular weight excluding hydrogens is 448 g/mol. The van der Waals surface area contributed by atoms with Crippen LogP contribution in [0.3, 0.4) is 0 Å². The summed E-state index contributed by atoms with van der Waals surface area (Å²) >= 11 is -1.09. The largest absolute Gasteiger partial charge is 0.598 e. The summed E-state index contributed by atoms with van der Waals surface area (Å²) in [6.07, 6.45) is 7.46. The minimum Gasteiger partial charge on any atom is -0.598 e. The number of amidine groups is 1. The highest BCUT2D eigenvalue weighted by Crippen LogP contribution is 2.36. The maximum atomic E-state index is 13.1. The normalized spacial score (nSPS) is 25.6. The zero-order chi connectivity index (χ0) is 24.3. The van der Waals surface area contributed by atoms with Crippen LogP contribution >= 0.6 is 0 Å². The molecule has 3 aliphatic rings. The van der Waals surface area contributed by atoms with E-state index in [9.17, 15) is 14.1 Å². The van der Waals surface area contributed by atoms with Gasteiger partial charge in [0.1, 0.15) is 17.1 Å². The standard InChI is InChI=1S/C26H38N4O3S/c1-4-20-17-23(27-19(3)31)10-9-21(20)11-16-34(33)30-14-12-26(13-15-30)25(32)28-24(29-26)22-7-5-18(2)6-8-22/h9-10,17-18,22H,4-8,11-16H2,1-3H3,(H,27,31)(H,28,29,32). The Kier molecular flexibility index (Phi) is 8.00. The van der Waals surface area contributed by atoms with Crippen LogP contribution in [0.5, 0.6) is 0 Å². The number of carbonyl (C=O) groups is 2. The van der Waals surface area contributed by atoms with Gasteiger partial charge in [0, 0.05) is 49.4 Å². The fourth-order valence-corrected chi connectivity index (χ4v) is 6.72. The Hall–Kier alpha value is -1.90. The van der Waals surface area contributed by atoms with Gasteiger partial charge >= 0.3 is 0 Å². The van der Waals surface area contributed by atoms with E-state index in [1.807, 2.05) is 22.5 Å². The topological polar surface area (TPSA) is 96.9 Å². The molecule has 1 aromatic carbocycles. The van der Waals surface area contributed by atoms with Gasteiger partial charge in [-0.25, -0.2) is 0 Å². The number of benzene rings is 1. The van der Waals surface area contributed by atoms with E-state index in [-0.39, 0.29) is 11.8 Å². The first-order valence-electron chi connectivity index (χ1n) is 12.7. The van der Waals surface area contributed by atoms with Crippen LogP contribution in [-0.2, 0) is 33.8 Å². The molecule has 0 radical (unpaired) electrons. The molecule has 7 nitrogen and oxygen atoms in total. The van der Waals surface area contributed by atoms with Gasteiger partial charge in [-0.05, 0) is 61.3 Å². The molecule has 2 amide bonds. The third-order valence-electron chi connectivity index (χ3n) is 7.69. The molecule has 1 saturated carbocycles. The van der Waals surface area contributed by atoms with Gasteiger partial charge in [0.25, 0.3) is 5.91 Å². The highest BCUT2D eigenvalue weighted by Gasteiger charge is 2.48. The van der Waals surface area contributed by atoms with Crippen LogP contribution in [0.4, 0.5) is 5.69 Å². The number of aliphatic imine (C=N–C) groups is 1. The summed E-state index contributed by atoms with van der Waals surface area (Å²) in [5.41, 5.74) is 2.48. The lowest BCUT2D eigenvalue weighted by atomic mass is 9.82. The second kappa shape index (κ2) is 10.8. The summed E-state index contributed by atoms with van der Waals surface area (Å²) in [6, 6.07) is 5.94. The van der Waals surface area contributed by atoms with E-state index in [0.29, 0.717) is 37.6 Å². The molecule has 8 heteroatoms. The van der Waals surface area contributed by atoms with Crippen molar-refractivity contribution >= 4 is 34.7 Å². The molecular formula is C26H38N4O3S. The molecule has 1 saturated heterocycles. The number of anilines is 1. The van der Waals surface area contributed by atoms with Crippen LogP contribution in [0, 0.1) is 11.8 Å². The highest BCUT2D eigenvalue weighted by molar-refractivity contribution is 7.89. The van der Waals surface area contributed by atoms with Gasteiger partial charge in [0.2, 0.25) is 5.91 Å². The third-order valence-corrected chi connectivity index (χ3v) is 9.19. The SMILES string of the molecule is CCc1cc(NC(C)=O)ccc1CC[S+]([O-])N1CCC2(CC1)N=C(C1CCC(C)CC1)NC2=O. The lowest BCUT2D eigenvalue weighted by molar-refractivity contribution is -0.125. The van der Waals surface area contributed by atoms with E-state index in [1.54, 1.807) is 0 Å². The number of hydrogen-bond acceptors (Lipinski definition) is 5. The molecule has 2 aliphatic heterocycles. The minimum absolute atomic E-state index is 0.0402. The zero-order valence-corrected chi connectivity index (χ0v) is 21.5. The Morgan fingerprint density at radius 3 is 2.59 bits per heavy atom. The fraction of sp³-hybridized carbons (Fsp3) is 0.654. The Bertz CT molecular complexity index is 934. The van der Waals surface area contributed by atoms with Crippen LogP contribution in [0.1, 0.15) is 70.4 Å². The molecule has 186 valence electrons. The van der Waals surface area contributed by atoms with Gasteiger partial charge in [-0.1, -0.05) is 32.8 Å². The molecule has 0 aromatic heterocycles. The third kappa shape index (κ3) is 5.66. The summed E-state index contributed by atoms with van der Waals surface area (Å²) in [5, 5.41) is 5.94. The first-order chi connectivity index (χ1) is 16.3. The molecule has 2 N–H and O–H groups in total. The quantitative estimate of drug-likeness (QED) is 0.576. The van der Waals surface area contributed by atoms with E-state index >= 15 is 0 Å². The van der Waals surface area contributed by atoms with Crippen molar-refractivity contribution in [2.24, 2.45) is 16.8 Å². The van der Waals surface area contributed by atoms with Crippen molar-refractivity contribution < 1.29 is 14.1 Å². The predicted octanol–water partition coefficient (Wildman–Crippen LogP) is 3.60. The van der Waals surface area contributed by atoms with Gasteiger partial charge in [0.15, 0.2) is 0 Å². The minimum atomic E-state index is -1.09. The highest BCUT2D eigenvalue weighted by atomic mass is 32.2. The van der Waals surface area contributed by atoms with Gasteiger partial charge in [-0.15, -0.1) is 4.31 Å². The van der Waals surface area contributed by atoms with E-state index in [2.05, 4.69) is 24.5 Å². The number of hydrogen-bond donors (Lipinski definition) is 2. The van der Waals surface area contributed by atoms with Crippen LogP contribution in [0.15, 0.2) is 23.2 Å². The second-order valence-electron chi connectivity index (χ2n) is 10.2. The van der Waals surface area contributed by atoms with Crippen molar-refractivity contribution in [1.29, 1.82) is 0 Å². The van der Waals surface area contributed by atoms with Crippen molar-refractivity contribution in [2.45, 2.75) is 77.7 Å². The molecule has 2 fully saturated rings. The van der Waals surface area contributed by atoms with Crippen LogP contribution < -0.4 is 10.6 Å². The Morgan fingerprint density at radius 2 is 1.94 bits per heavy atom. The van der Waals surface area contributed by atoms with E-state index in [0.717, 1.165) is 43.1 Å². The number of nitrogens with one attached hydrogen (secondary N) is 2. The zero-order valence-electron chi connectivity index (χ0n) is 20.7. The lowest BCUT2D eigenvalue weighted by Gasteiger charge is -2.35. The Balaban J connectivity index is 1.31. The number of piperidine rings is 1. The summed E-state index contributed by atoms with van der Waals surface area (Å²) in [7, 11) is 0. The maximum Gasteiger partial charge on any atom is 0.253 e. The number of aryl methyl sites for hydroxylation is 2. The Morgan fingerprint density at radius 1 is 1.24 bits per heavy atom.